The largest absolute Gasteiger partial charge is 0.376 e. The molecule has 0 radical (unpaired) electrons. The van der Waals surface area contributed by atoms with E-state index >= 15 is 0 Å². The predicted molar refractivity (Wildman–Crippen MR) is 93.9 cm³/mol. The van der Waals surface area contributed by atoms with Gasteiger partial charge in [-0.1, -0.05) is 0 Å². The summed E-state index contributed by atoms with van der Waals surface area (Å²) in [6.45, 7) is 5.68. The Morgan fingerprint density at radius 2 is 2.10 bits per heavy atom. The number of piperidine rings is 1. The number of carbonyl (C=O) groups excluding carboxylic acids is 1. The monoisotopic (exact) mass is 410 g/mol. The van der Waals surface area contributed by atoms with Gasteiger partial charge >= 0.3 is 0 Å². The molecule has 0 spiro atoms. The number of ether oxygens (including phenoxy) is 1. The van der Waals surface area contributed by atoms with Crippen molar-refractivity contribution in [2.45, 2.75) is 38.7 Å². The Labute approximate surface area is 143 Å². The van der Waals surface area contributed by atoms with E-state index in [1.54, 1.807) is 6.92 Å². The molecule has 2 aliphatic heterocycles. The Bertz CT molecular complexity index is 351. The van der Waals surface area contributed by atoms with Crippen molar-refractivity contribution in [2.75, 3.05) is 32.8 Å². The number of rotatable bonds is 4. The van der Waals surface area contributed by atoms with Gasteiger partial charge in [-0.25, -0.2) is 0 Å². The third kappa shape index (κ3) is 6.37. The Kier molecular flexibility index (Phi) is 8.31. The first-order valence-corrected chi connectivity index (χ1v) is 7.56. The summed E-state index contributed by atoms with van der Waals surface area (Å²) in [6, 6.07) is 0. The maximum absolute atomic E-state index is 11.2. The Balaban J connectivity index is 0.00000220. The molecule has 0 aromatic carbocycles. The van der Waals surface area contributed by atoms with Crippen molar-refractivity contribution in [3.05, 3.63) is 0 Å². The van der Waals surface area contributed by atoms with Gasteiger partial charge in [0.2, 0.25) is 5.91 Å². The van der Waals surface area contributed by atoms with Crippen LogP contribution in [-0.4, -0.2) is 55.7 Å². The molecule has 0 saturated carbocycles. The molecule has 2 saturated heterocycles. The van der Waals surface area contributed by atoms with Crippen molar-refractivity contribution in [3.8, 4) is 0 Å². The number of guanidine groups is 1. The van der Waals surface area contributed by atoms with E-state index in [1.165, 1.54) is 0 Å². The fourth-order valence-corrected chi connectivity index (χ4v) is 2.74. The molecule has 7 heteroatoms. The quantitative estimate of drug-likeness (QED) is 0.411. The molecule has 0 aromatic rings. The number of aliphatic imine (C=N–C) groups is 1. The summed E-state index contributed by atoms with van der Waals surface area (Å²) < 4.78 is 5.52. The van der Waals surface area contributed by atoms with Crippen molar-refractivity contribution in [3.63, 3.8) is 0 Å². The van der Waals surface area contributed by atoms with Crippen LogP contribution in [0.1, 0.15) is 32.6 Å². The minimum atomic E-state index is 0. The van der Waals surface area contributed by atoms with Crippen LogP contribution in [0.2, 0.25) is 0 Å². The first-order valence-electron chi connectivity index (χ1n) is 7.56. The van der Waals surface area contributed by atoms with Gasteiger partial charge < -0.3 is 20.7 Å². The third-order valence-corrected chi connectivity index (χ3v) is 4.11. The topological polar surface area (TPSA) is 80.0 Å². The van der Waals surface area contributed by atoms with Crippen LogP contribution < -0.4 is 11.1 Å². The fourth-order valence-electron chi connectivity index (χ4n) is 2.74. The summed E-state index contributed by atoms with van der Waals surface area (Å²) >= 11 is 0. The van der Waals surface area contributed by atoms with Gasteiger partial charge in [-0.3, -0.25) is 9.79 Å². The van der Waals surface area contributed by atoms with Crippen molar-refractivity contribution < 1.29 is 9.53 Å². The normalized spacial score (nSPS) is 23.8. The number of nitrogens with zero attached hydrogens (tertiary/aromatic N) is 2. The maximum Gasteiger partial charge on any atom is 0.219 e. The lowest BCUT2D eigenvalue weighted by atomic mass is 9.97. The number of nitrogens with two attached hydrogens (primary N) is 1. The standard InChI is InChI=1S/C14H26N4O2.HI/c1-11(19)18-6-4-12(5-7-18)9-16-14(15)17-10-13-3-2-8-20-13;/h12-13H,2-10H2,1H3,(H3,15,16,17);1H. The van der Waals surface area contributed by atoms with Crippen LogP contribution in [0.4, 0.5) is 0 Å². The van der Waals surface area contributed by atoms with E-state index in [0.29, 0.717) is 11.9 Å². The Hall–Kier alpha value is -0.570. The van der Waals surface area contributed by atoms with Gasteiger partial charge in [0.25, 0.3) is 0 Å². The second-order valence-corrected chi connectivity index (χ2v) is 5.69. The number of hydrogen-bond acceptors (Lipinski definition) is 3. The van der Waals surface area contributed by atoms with Gasteiger partial charge in [-0.05, 0) is 31.6 Å². The first-order chi connectivity index (χ1) is 9.65. The number of halogens is 1. The van der Waals surface area contributed by atoms with Gasteiger partial charge in [0.15, 0.2) is 5.96 Å². The lowest BCUT2D eigenvalue weighted by molar-refractivity contribution is -0.130. The zero-order valence-corrected chi connectivity index (χ0v) is 15.0. The van der Waals surface area contributed by atoms with Crippen LogP contribution in [0.25, 0.3) is 0 Å². The number of likely N-dealkylation sites (tertiary alicyclic amines) is 1. The molecule has 2 rings (SSSR count). The number of hydrogen-bond donors (Lipinski definition) is 2. The molecule has 1 unspecified atom stereocenters. The zero-order valence-electron chi connectivity index (χ0n) is 12.7. The van der Waals surface area contributed by atoms with E-state index in [2.05, 4.69) is 10.3 Å². The van der Waals surface area contributed by atoms with Crippen LogP contribution in [-0.2, 0) is 9.53 Å². The smallest absolute Gasteiger partial charge is 0.219 e. The molecular formula is C14H27IN4O2. The summed E-state index contributed by atoms with van der Waals surface area (Å²) in [5.74, 6) is 1.22. The average molecular weight is 410 g/mol. The maximum atomic E-state index is 11.2. The van der Waals surface area contributed by atoms with E-state index in [4.69, 9.17) is 10.5 Å². The van der Waals surface area contributed by atoms with Gasteiger partial charge in [0.1, 0.15) is 0 Å². The van der Waals surface area contributed by atoms with Gasteiger partial charge in [-0.15, -0.1) is 24.0 Å². The molecule has 0 aliphatic carbocycles. The SMILES string of the molecule is CC(=O)N1CCC(CN=C(N)NCC2CCCO2)CC1.I. The predicted octanol–water partition coefficient (Wildman–Crippen LogP) is 0.946. The van der Waals surface area contributed by atoms with Crippen molar-refractivity contribution in [2.24, 2.45) is 16.6 Å². The van der Waals surface area contributed by atoms with E-state index in [0.717, 1.165) is 58.5 Å². The van der Waals surface area contributed by atoms with Crippen molar-refractivity contribution in [1.82, 2.24) is 10.2 Å². The summed E-state index contributed by atoms with van der Waals surface area (Å²) in [6.07, 6.45) is 4.55. The van der Waals surface area contributed by atoms with Crippen molar-refractivity contribution in [1.29, 1.82) is 0 Å². The first kappa shape index (κ1) is 18.5. The molecule has 1 amide bonds. The van der Waals surface area contributed by atoms with E-state index in [-0.39, 0.29) is 36.0 Å². The highest BCUT2D eigenvalue weighted by Crippen LogP contribution is 2.17. The molecule has 2 fully saturated rings. The van der Waals surface area contributed by atoms with E-state index < -0.39 is 0 Å². The van der Waals surface area contributed by atoms with Crippen LogP contribution in [0.3, 0.4) is 0 Å². The Morgan fingerprint density at radius 3 is 2.67 bits per heavy atom. The molecule has 2 heterocycles. The van der Waals surface area contributed by atoms with Gasteiger partial charge in [0.05, 0.1) is 6.10 Å². The minimum absolute atomic E-state index is 0. The summed E-state index contributed by atoms with van der Waals surface area (Å²) in [4.78, 5) is 17.5. The third-order valence-electron chi connectivity index (χ3n) is 4.11. The second kappa shape index (κ2) is 9.45. The van der Waals surface area contributed by atoms with Crippen LogP contribution >= 0.6 is 24.0 Å². The molecule has 6 nitrogen and oxygen atoms in total. The lowest BCUT2D eigenvalue weighted by Crippen LogP contribution is -2.39. The molecule has 0 bridgehead atoms. The summed E-state index contributed by atoms with van der Waals surface area (Å²) in [7, 11) is 0. The highest BCUT2D eigenvalue weighted by Gasteiger charge is 2.20. The van der Waals surface area contributed by atoms with E-state index in [9.17, 15) is 4.79 Å². The molecule has 3 N–H and O–H groups in total. The highest BCUT2D eigenvalue weighted by molar-refractivity contribution is 14.0. The number of nitrogens with one attached hydrogen (secondary N) is 1. The fraction of sp³-hybridized carbons (Fsp3) is 0.857. The average Bonchev–Trinajstić information content (AvgIpc) is 2.96. The van der Waals surface area contributed by atoms with E-state index in [1.807, 2.05) is 4.90 Å². The van der Waals surface area contributed by atoms with Crippen LogP contribution in [0.5, 0.6) is 0 Å². The number of carbonyl (C=O) groups is 1. The minimum Gasteiger partial charge on any atom is -0.376 e. The lowest BCUT2D eigenvalue weighted by Gasteiger charge is -2.30. The molecule has 1 atom stereocenters. The molecule has 0 aromatic heterocycles. The molecular weight excluding hydrogens is 383 g/mol. The van der Waals surface area contributed by atoms with Crippen LogP contribution in [0, 0.1) is 5.92 Å². The summed E-state index contributed by atoms with van der Waals surface area (Å²) in [5.41, 5.74) is 5.86. The molecule has 2 aliphatic rings. The van der Waals surface area contributed by atoms with Crippen molar-refractivity contribution >= 4 is 35.8 Å². The van der Waals surface area contributed by atoms with Gasteiger partial charge in [0, 0.05) is 39.7 Å². The highest BCUT2D eigenvalue weighted by atomic mass is 127. The number of amides is 1. The van der Waals surface area contributed by atoms with Gasteiger partial charge in [-0.2, -0.15) is 0 Å². The molecule has 122 valence electrons. The van der Waals surface area contributed by atoms with Crippen LogP contribution in [0.15, 0.2) is 4.99 Å². The second-order valence-electron chi connectivity index (χ2n) is 5.69. The molecule has 21 heavy (non-hydrogen) atoms. The Morgan fingerprint density at radius 1 is 1.38 bits per heavy atom. The zero-order chi connectivity index (χ0) is 14.4. The summed E-state index contributed by atoms with van der Waals surface area (Å²) in [5, 5.41) is 3.13.